The fourth-order valence-electron chi connectivity index (χ4n) is 3.70. The Hall–Kier alpha value is -2.02. The van der Waals surface area contributed by atoms with Crippen molar-refractivity contribution in [3.8, 4) is 0 Å². The summed E-state index contributed by atoms with van der Waals surface area (Å²) >= 11 is 1.55. The summed E-state index contributed by atoms with van der Waals surface area (Å²) in [5.74, 6) is 0. The van der Waals surface area contributed by atoms with Gasteiger partial charge in [0.05, 0.1) is 37.1 Å². The molecule has 5 nitrogen and oxygen atoms in total. The molecule has 0 bridgehead atoms. The van der Waals surface area contributed by atoms with E-state index in [4.69, 9.17) is 4.74 Å². The molecule has 0 unspecified atom stereocenters. The number of hydrogen-bond acceptors (Lipinski definition) is 5. The van der Waals surface area contributed by atoms with E-state index in [0.29, 0.717) is 5.39 Å². The van der Waals surface area contributed by atoms with Crippen LogP contribution in [0, 0.1) is 0 Å². The molecule has 1 aliphatic rings. The van der Waals surface area contributed by atoms with Gasteiger partial charge in [-0.2, -0.15) is 0 Å². The minimum absolute atomic E-state index is 0.0194. The highest BCUT2D eigenvalue weighted by Crippen LogP contribution is 2.32. The third kappa shape index (κ3) is 3.83. The van der Waals surface area contributed by atoms with Crippen molar-refractivity contribution in [2.24, 2.45) is 0 Å². The molecule has 0 spiro atoms. The van der Waals surface area contributed by atoms with E-state index >= 15 is 0 Å². The normalized spacial score (nSPS) is 17.8. The largest absolute Gasteiger partial charge is 0.389 e. The van der Waals surface area contributed by atoms with E-state index in [0.717, 1.165) is 35.4 Å². The summed E-state index contributed by atoms with van der Waals surface area (Å²) in [7, 11) is 0. The third-order valence-electron chi connectivity index (χ3n) is 5.13. The molecule has 1 N–H and O–H groups in total. The lowest BCUT2D eigenvalue weighted by atomic mass is 9.89. The molecule has 0 radical (unpaired) electrons. The smallest absolute Gasteiger partial charge is 0.262 e. The number of aliphatic hydroxyl groups is 1. The Morgan fingerprint density at radius 2 is 2.26 bits per heavy atom. The molecule has 0 saturated heterocycles. The maximum atomic E-state index is 12.6. The van der Waals surface area contributed by atoms with Crippen molar-refractivity contribution < 1.29 is 9.84 Å². The van der Waals surface area contributed by atoms with Crippen LogP contribution in [0.15, 0.2) is 41.5 Å². The Morgan fingerprint density at radius 3 is 3.11 bits per heavy atom. The lowest BCUT2D eigenvalue weighted by molar-refractivity contribution is -0.0228. The van der Waals surface area contributed by atoms with E-state index in [1.807, 2.05) is 12.1 Å². The summed E-state index contributed by atoms with van der Waals surface area (Å²) in [6.45, 7) is 2.45. The first-order valence-corrected chi connectivity index (χ1v) is 10.3. The Bertz CT molecular complexity index is 995. The fraction of sp³-hybridized carbons (Fsp3) is 0.429. The van der Waals surface area contributed by atoms with Crippen LogP contribution >= 0.6 is 11.3 Å². The lowest BCUT2D eigenvalue weighted by Gasteiger charge is -2.26. The van der Waals surface area contributed by atoms with E-state index in [9.17, 15) is 9.90 Å². The average molecular weight is 385 g/mol. The summed E-state index contributed by atoms with van der Waals surface area (Å²) in [6.07, 6.45) is 4.83. The molecule has 4 rings (SSSR count). The van der Waals surface area contributed by atoms with Crippen molar-refractivity contribution >= 4 is 21.6 Å². The minimum atomic E-state index is -0.750. The van der Waals surface area contributed by atoms with Gasteiger partial charge in [0.2, 0.25) is 0 Å². The predicted molar refractivity (Wildman–Crippen MR) is 107 cm³/mol. The number of rotatable bonds is 6. The summed E-state index contributed by atoms with van der Waals surface area (Å²) in [6, 6.07) is 10.2. The van der Waals surface area contributed by atoms with Crippen LogP contribution in [0.1, 0.15) is 41.9 Å². The van der Waals surface area contributed by atoms with Crippen LogP contribution in [-0.4, -0.2) is 27.4 Å². The maximum absolute atomic E-state index is 12.6. The zero-order valence-electron chi connectivity index (χ0n) is 15.4. The zero-order valence-corrected chi connectivity index (χ0v) is 16.2. The van der Waals surface area contributed by atoms with Crippen LogP contribution in [0.25, 0.3) is 10.2 Å². The Kier molecular flexibility index (Phi) is 5.38. The van der Waals surface area contributed by atoms with E-state index in [-0.39, 0.29) is 24.8 Å². The first kappa shape index (κ1) is 18.3. The van der Waals surface area contributed by atoms with E-state index in [1.54, 1.807) is 11.3 Å². The maximum Gasteiger partial charge on any atom is 0.262 e. The van der Waals surface area contributed by atoms with Gasteiger partial charge in [-0.05, 0) is 42.9 Å². The number of nitrogens with zero attached hydrogens (tertiary/aromatic N) is 2. The van der Waals surface area contributed by atoms with Crippen molar-refractivity contribution in [2.45, 2.75) is 51.4 Å². The van der Waals surface area contributed by atoms with Crippen molar-refractivity contribution in [1.29, 1.82) is 0 Å². The third-order valence-corrected chi connectivity index (χ3v) is 6.32. The van der Waals surface area contributed by atoms with Crippen molar-refractivity contribution in [1.82, 2.24) is 9.55 Å². The topological polar surface area (TPSA) is 64.4 Å². The van der Waals surface area contributed by atoms with Gasteiger partial charge in [0, 0.05) is 4.88 Å². The molecular weight excluding hydrogens is 360 g/mol. The fourth-order valence-corrected chi connectivity index (χ4v) is 4.63. The first-order chi connectivity index (χ1) is 13.2. The molecule has 2 aromatic heterocycles. The number of thiophene rings is 1. The van der Waals surface area contributed by atoms with Gasteiger partial charge in [0.1, 0.15) is 4.83 Å². The number of aromatic nitrogens is 2. The van der Waals surface area contributed by atoms with E-state index in [2.05, 4.69) is 30.1 Å². The second-order valence-corrected chi connectivity index (χ2v) is 8.17. The molecule has 27 heavy (non-hydrogen) atoms. The summed E-state index contributed by atoms with van der Waals surface area (Å²) in [5.41, 5.74) is 2.46. The standard InChI is InChI=1S/C21H24N2O3S/c1-2-16-10-18-20(27-16)22-13-23(21(18)25)11-15(24)12-26-19-9-5-7-14-6-3-4-8-17(14)19/h3-4,6,8,10,13,15,19,24H,2,5,7,9,11-12H2,1H3/t15-,19+/m0/s1. The first-order valence-electron chi connectivity index (χ1n) is 9.51. The predicted octanol–water partition coefficient (Wildman–Crippen LogP) is 3.48. The van der Waals surface area contributed by atoms with E-state index in [1.165, 1.54) is 22.0 Å². The number of aryl methyl sites for hydroxylation is 2. The Labute approximate surface area is 162 Å². The molecule has 142 valence electrons. The molecule has 0 amide bonds. The molecule has 3 aromatic rings. The van der Waals surface area contributed by atoms with Crippen LogP contribution in [0.5, 0.6) is 0 Å². The second-order valence-electron chi connectivity index (χ2n) is 7.05. The number of benzene rings is 1. The highest BCUT2D eigenvalue weighted by molar-refractivity contribution is 7.18. The van der Waals surface area contributed by atoms with Gasteiger partial charge in [-0.15, -0.1) is 11.3 Å². The van der Waals surface area contributed by atoms with Gasteiger partial charge in [-0.1, -0.05) is 31.2 Å². The highest BCUT2D eigenvalue weighted by Gasteiger charge is 2.21. The Balaban J connectivity index is 1.43. The zero-order chi connectivity index (χ0) is 18.8. The quantitative estimate of drug-likeness (QED) is 0.707. The van der Waals surface area contributed by atoms with Crippen molar-refractivity contribution in [3.63, 3.8) is 0 Å². The molecular formula is C21H24N2O3S. The lowest BCUT2D eigenvalue weighted by Crippen LogP contribution is -2.30. The van der Waals surface area contributed by atoms with E-state index < -0.39 is 6.10 Å². The van der Waals surface area contributed by atoms with Crippen LogP contribution in [0.2, 0.25) is 0 Å². The average Bonchev–Trinajstić information content (AvgIpc) is 3.13. The summed E-state index contributed by atoms with van der Waals surface area (Å²) in [5, 5.41) is 11.1. The molecule has 0 aliphatic heterocycles. The number of fused-ring (bicyclic) bond motifs is 2. The molecule has 6 heteroatoms. The van der Waals surface area contributed by atoms with Gasteiger partial charge >= 0.3 is 0 Å². The molecule has 2 atom stereocenters. The molecule has 1 aromatic carbocycles. The SMILES string of the molecule is CCc1cc2c(=O)n(C[C@H](O)CO[C@@H]3CCCc4ccccc43)cnc2s1. The summed E-state index contributed by atoms with van der Waals surface area (Å²) < 4.78 is 7.49. The van der Waals surface area contributed by atoms with Crippen LogP contribution in [0.3, 0.4) is 0 Å². The molecule has 0 fully saturated rings. The minimum Gasteiger partial charge on any atom is -0.389 e. The number of ether oxygens (including phenoxy) is 1. The van der Waals surface area contributed by atoms with Crippen LogP contribution < -0.4 is 5.56 Å². The molecule has 1 aliphatic carbocycles. The highest BCUT2D eigenvalue weighted by atomic mass is 32.1. The number of aliphatic hydroxyl groups excluding tert-OH is 1. The Morgan fingerprint density at radius 1 is 1.41 bits per heavy atom. The van der Waals surface area contributed by atoms with Gasteiger partial charge in [0.25, 0.3) is 5.56 Å². The van der Waals surface area contributed by atoms with Gasteiger partial charge in [-0.3, -0.25) is 9.36 Å². The van der Waals surface area contributed by atoms with Gasteiger partial charge in [0.15, 0.2) is 0 Å². The monoisotopic (exact) mass is 384 g/mol. The van der Waals surface area contributed by atoms with Crippen molar-refractivity contribution in [2.75, 3.05) is 6.61 Å². The van der Waals surface area contributed by atoms with Gasteiger partial charge in [-0.25, -0.2) is 4.98 Å². The van der Waals surface area contributed by atoms with Gasteiger partial charge < -0.3 is 9.84 Å². The second kappa shape index (κ2) is 7.92. The number of hydrogen-bond donors (Lipinski definition) is 1. The summed E-state index contributed by atoms with van der Waals surface area (Å²) in [4.78, 5) is 18.9. The molecule has 0 saturated carbocycles. The van der Waals surface area contributed by atoms with Crippen molar-refractivity contribution in [3.05, 3.63) is 63.0 Å². The van der Waals surface area contributed by atoms with Crippen LogP contribution in [0.4, 0.5) is 0 Å². The molecule has 2 heterocycles. The van der Waals surface area contributed by atoms with Crippen LogP contribution in [-0.2, 0) is 24.1 Å².